The fraction of sp³-hybridized carbons (Fsp3) is 0.524. The van der Waals surface area contributed by atoms with Gasteiger partial charge in [0, 0.05) is 31.9 Å². The van der Waals surface area contributed by atoms with Crippen molar-refractivity contribution in [1.29, 1.82) is 0 Å². The maximum atomic E-state index is 5.41. The van der Waals surface area contributed by atoms with E-state index < -0.39 is 0 Å². The van der Waals surface area contributed by atoms with Gasteiger partial charge in [0.2, 0.25) is 0 Å². The fourth-order valence-electron chi connectivity index (χ4n) is 3.04. The molecule has 28 heavy (non-hydrogen) atoms. The van der Waals surface area contributed by atoms with Crippen LogP contribution in [0.3, 0.4) is 0 Å². The summed E-state index contributed by atoms with van der Waals surface area (Å²) in [6.07, 6.45) is 4.86. The molecule has 0 radical (unpaired) electrons. The highest BCUT2D eigenvalue weighted by molar-refractivity contribution is 5.79. The monoisotopic (exact) mass is 386 g/mol. The van der Waals surface area contributed by atoms with E-state index in [1.165, 1.54) is 11.1 Å². The number of aryl methyl sites for hydroxylation is 2. The van der Waals surface area contributed by atoms with E-state index in [0.717, 1.165) is 36.8 Å². The van der Waals surface area contributed by atoms with Gasteiger partial charge in [0.1, 0.15) is 5.75 Å². The Labute approximate surface area is 168 Å². The van der Waals surface area contributed by atoms with Crippen molar-refractivity contribution in [3.63, 3.8) is 0 Å². The highest BCUT2D eigenvalue weighted by atomic mass is 16.5. The van der Waals surface area contributed by atoms with E-state index in [4.69, 9.17) is 9.73 Å². The van der Waals surface area contributed by atoms with Gasteiger partial charge in [-0.15, -0.1) is 0 Å². The minimum absolute atomic E-state index is 0.186. The summed E-state index contributed by atoms with van der Waals surface area (Å²) in [5.41, 5.74) is 3.56. The summed E-state index contributed by atoms with van der Waals surface area (Å²) in [4.78, 5) is 6.96. The third-order valence-corrected chi connectivity index (χ3v) is 4.68. The van der Waals surface area contributed by atoms with Crippen molar-refractivity contribution in [3.8, 4) is 5.75 Å². The molecule has 1 atom stereocenters. The molecule has 2 aromatic rings. The lowest BCUT2D eigenvalue weighted by Crippen LogP contribution is -2.39. The van der Waals surface area contributed by atoms with Crippen molar-refractivity contribution in [3.05, 3.63) is 47.3 Å². The summed E-state index contributed by atoms with van der Waals surface area (Å²) in [7, 11) is 7.78. The Morgan fingerprint density at radius 3 is 2.71 bits per heavy atom. The zero-order chi connectivity index (χ0) is 20.5. The molecule has 0 aliphatic rings. The first-order chi connectivity index (χ1) is 13.4. The molecule has 2 rings (SSSR count). The number of hydrogen-bond acceptors (Lipinski definition) is 4. The van der Waals surface area contributed by atoms with Gasteiger partial charge < -0.3 is 20.3 Å². The average Bonchev–Trinajstić information content (AvgIpc) is 3.08. The van der Waals surface area contributed by atoms with Crippen LogP contribution in [0.15, 0.2) is 35.6 Å². The van der Waals surface area contributed by atoms with Gasteiger partial charge in [0.15, 0.2) is 5.96 Å². The number of nitrogens with one attached hydrogen (secondary N) is 2. The van der Waals surface area contributed by atoms with Crippen molar-refractivity contribution in [2.75, 3.05) is 40.8 Å². The molecule has 0 saturated heterocycles. The van der Waals surface area contributed by atoms with Crippen LogP contribution in [0.5, 0.6) is 5.75 Å². The number of likely N-dealkylation sites (N-methyl/N-ethyl adjacent to an activating group) is 1. The quantitative estimate of drug-likeness (QED) is 0.511. The summed E-state index contributed by atoms with van der Waals surface area (Å²) >= 11 is 0. The molecule has 2 N–H and O–H groups in total. The van der Waals surface area contributed by atoms with Crippen LogP contribution in [0.4, 0.5) is 0 Å². The van der Waals surface area contributed by atoms with E-state index in [9.17, 15) is 0 Å². The number of guanidine groups is 1. The number of rotatable bonds is 9. The molecule has 0 spiro atoms. The lowest BCUT2D eigenvalue weighted by Gasteiger charge is -2.22. The molecule has 0 saturated carbocycles. The van der Waals surface area contributed by atoms with E-state index in [2.05, 4.69) is 66.8 Å². The van der Waals surface area contributed by atoms with Crippen LogP contribution in [0.1, 0.15) is 29.7 Å². The van der Waals surface area contributed by atoms with Crippen LogP contribution in [0.25, 0.3) is 0 Å². The predicted molar refractivity (Wildman–Crippen MR) is 115 cm³/mol. The molecule has 0 aliphatic heterocycles. The fourth-order valence-corrected chi connectivity index (χ4v) is 3.04. The molecule has 0 aliphatic carbocycles. The lowest BCUT2D eigenvalue weighted by atomic mass is 10.1. The van der Waals surface area contributed by atoms with Crippen LogP contribution in [-0.4, -0.2) is 61.5 Å². The van der Waals surface area contributed by atoms with E-state index >= 15 is 0 Å². The number of hydrogen-bond donors (Lipinski definition) is 2. The second kappa shape index (κ2) is 10.7. The van der Waals surface area contributed by atoms with Crippen molar-refractivity contribution >= 4 is 5.96 Å². The van der Waals surface area contributed by atoms with Crippen molar-refractivity contribution in [1.82, 2.24) is 25.3 Å². The lowest BCUT2D eigenvalue weighted by molar-refractivity contribution is 0.306. The van der Waals surface area contributed by atoms with E-state index in [-0.39, 0.29) is 6.04 Å². The van der Waals surface area contributed by atoms with Gasteiger partial charge >= 0.3 is 0 Å². The molecule has 1 unspecified atom stereocenters. The topological polar surface area (TPSA) is 66.7 Å². The Kier molecular flexibility index (Phi) is 8.32. The second-order valence-electron chi connectivity index (χ2n) is 7.13. The number of benzene rings is 1. The minimum Gasteiger partial charge on any atom is -0.496 e. The van der Waals surface area contributed by atoms with Crippen LogP contribution >= 0.6 is 0 Å². The number of aliphatic imine (C=N–C) groups is 1. The molecule has 0 fully saturated rings. The largest absolute Gasteiger partial charge is 0.496 e. The van der Waals surface area contributed by atoms with Crippen molar-refractivity contribution in [2.24, 2.45) is 12.0 Å². The van der Waals surface area contributed by atoms with E-state index in [0.29, 0.717) is 6.54 Å². The normalized spacial score (nSPS) is 12.9. The Bertz CT molecular complexity index is 768. The van der Waals surface area contributed by atoms with Crippen LogP contribution in [0, 0.1) is 6.92 Å². The summed E-state index contributed by atoms with van der Waals surface area (Å²) in [6.45, 7) is 6.42. The maximum Gasteiger partial charge on any atom is 0.191 e. The first-order valence-corrected chi connectivity index (χ1v) is 9.75. The standard InChI is InChI=1S/C21H34N6O/c1-7-22-21(23-11-10-17-9-8-16(2)20(12-17)28-6)24-14-19(26(3)4)18-13-25-27(5)15-18/h8-9,12-13,15,19H,7,10-11,14H2,1-6H3,(H2,22,23,24). The van der Waals surface area contributed by atoms with E-state index in [1.54, 1.807) is 7.11 Å². The summed E-state index contributed by atoms with van der Waals surface area (Å²) in [6, 6.07) is 6.54. The van der Waals surface area contributed by atoms with Crippen LogP contribution in [-0.2, 0) is 13.5 Å². The molecule has 1 heterocycles. The first-order valence-electron chi connectivity index (χ1n) is 9.75. The first kappa shape index (κ1) is 21.8. The van der Waals surface area contributed by atoms with Gasteiger partial charge in [-0.05, 0) is 51.6 Å². The molecule has 0 bridgehead atoms. The number of aromatic nitrogens is 2. The molecular weight excluding hydrogens is 352 g/mol. The van der Waals surface area contributed by atoms with E-state index in [1.807, 2.05) is 24.1 Å². The third kappa shape index (κ3) is 6.27. The molecule has 0 amide bonds. The summed E-state index contributed by atoms with van der Waals surface area (Å²) < 4.78 is 7.24. The van der Waals surface area contributed by atoms with Crippen molar-refractivity contribution in [2.45, 2.75) is 26.3 Å². The predicted octanol–water partition coefficient (Wildman–Crippen LogP) is 2.14. The summed E-state index contributed by atoms with van der Waals surface area (Å²) in [5, 5.41) is 11.0. The van der Waals surface area contributed by atoms with Gasteiger partial charge in [0.25, 0.3) is 0 Å². The number of methoxy groups -OCH3 is 1. The zero-order valence-electron chi connectivity index (χ0n) is 18.0. The molecule has 7 heteroatoms. The van der Waals surface area contributed by atoms with Gasteiger partial charge in [-0.1, -0.05) is 12.1 Å². The Balaban J connectivity index is 1.97. The maximum absolute atomic E-state index is 5.41. The van der Waals surface area contributed by atoms with Crippen LogP contribution in [0.2, 0.25) is 0 Å². The highest BCUT2D eigenvalue weighted by Gasteiger charge is 2.15. The number of nitrogens with zero attached hydrogens (tertiary/aromatic N) is 4. The third-order valence-electron chi connectivity index (χ3n) is 4.68. The molecule has 1 aromatic carbocycles. The highest BCUT2D eigenvalue weighted by Crippen LogP contribution is 2.19. The zero-order valence-corrected chi connectivity index (χ0v) is 18.0. The Morgan fingerprint density at radius 1 is 1.32 bits per heavy atom. The minimum atomic E-state index is 0.186. The summed E-state index contributed by atoms with van der Waals surface area (Å²) in [5.74, 6) is 1.76. The second-order valence-corrected chi connectivity index (χ2v) is 7.13. The van der Waals surface area contributed by atoms with Gasteiger partial charge in [-0.3, -0.25) is 9.67 Å². The van der Waals surface area contributed by atoms with Gasteiger partial charge in [0.05, 0.1) is 25.9 Å². The van der Waals surface area contributed by atoms with Gasteiger partial charge in [-0.2, -0.15) is 5.10 Å². The van der Waals surface area contributed by atoms with Gasteiger partial charge in [-0.25, -0.2) is 0 Å². The van der Waals surface area contributed by atoms with Crippen molar-refractivity contribution < 1.29 is 4.74 Å². The molecule has 154 valence electrons. The number of ether oxygens (including phenoxy) is 1. The SMILES string of the molecule is CCNC(=NCC(c1cnn(C)c1)N(C)C)NCCc1ccc(C)c(OC)c1. The average molecular weight is 387 g/mol. The Hall–Kier alpha value is -2.54. The Morgan fingerprint density at radius 2 is 2.11 bits per heavy atom. The smallest absolute Gasteiger partial charge is 0.191 e. The molecule has 1 aromatic heterocycles. The molecule has 7 nitrogen and oxygen atoms in total. The molecular formula is C21H34N6O. The van der Waals surface area contributed by atoms with Crippen LogP contribution < -0.4 is 15.4 Å².